The minimum absolute atomic E-state index is 0.281. The van der Waals surface area contributed by atoms with Gasteiger partial charge in [-0.25, -0.2) is 8.42 Å². The Morgan fingerprint density at radius 2 is 2.00 bits per heavy atom. The van der Waals surface area contributed by atoms with E-state index in [2.05, 4.69) is 19.2 Å². The fourth-order valence-corrected chi connectivity index (χ4v) is 2.88. The Morgan fingerprint density at radius 1 is 1.42 bits per heavy atom. The Balaban J connectivity index is 2.77. The van der Waals surface area contributed by atoms with Gasteiger partial charge in [0.2, 0.25) is 5.91 Å². The second-order valence-electron chi connectivity index (χ2n) is 5.96. The van der Waals surface area contributed by atoms with Crippen molar-refractivity contribution in [2.75, 3.05) is 25.9 Å². The molecule has 1 fully saturated rings. The summed E-state index contributed by atoms with van der Waals surface area (Å²) >= 11 is 0. The van der Waals surface area contributed by atoms with Crippen LogP contribution in [0.15, 0.2) is 0 Å². The zero-order valence-electron chi connectivity index (χ0n) is 12.6. The molecule has 0 aromatic heterocycles. The van der Waals surface area contributed by atoms with Gasteiger partial charge in [-0.05, 0) is 32.7 Å². The highest BCUT2D eigenvalue weighted by Gasteiger charge is 2.42. The normalized spacial score (nSPS) is 25.4. The second kappa shape index (κ2) is 5.79. The summed E-state index contributed by atoms with van der Waals surface area (Å²) in [5.41, 5.74) is 0. The third-order valence-corrected chi connectivity index (χ3v) is 6.13. The number of carbonyl (C=O) groups is 1. The second-order valence-corrected chi connectivity index (χ2v) is 8.53. The third kappa shape index (κ3) is 3.48. The molecule has 0 spiro atoms. The molecule has 6 heteroatoms. The zero-order valence-corrected chi connectivity index (χ0v) is 13.4. The van der Waals surface area contributed by atoms with E-state index in [9.17, 15) is 13.2 Å². The molecule has 0 aliphatic carbocycles. The maximum atomic E-state index is 12.4. The van der Waals surface area contributed by atoms with Gasteiger partial charge in [-0.15, -0.1) is 0 Å². The Labute approximate surface area is 116 Å². The Hall–Kier alpha value is -0.620. The topological polar surface area (TPSA) is 66.5 Å². The molecule has 5 nitrogen and oxygen atoms in total. The van der Waals surface area contributed by atoms with Crippen molar-refractivity contribution in [1.29, 1.82) is 0 Å². The first-order chi connectivity index (χ1) is 8.61. The molecule has 1 aliphatic rings. The van der Waals surface area contributed by atoms with Crippen LogP contribution in [0.3, 0.4) is 0 Å². The number of likely N-dealkylation sites (tertiary alicyclic amines) is 1. The van der Waals surface area contributed by atoms with Gasteiger partial charge in [0.05, 0.1) is 0 Å². The molecule has 0 bridgehead atoms. The number of nitrogens with zero attached hydrogens (tertiary/aromatic N) is 1. The molecule has 1 heterocycles. The van der Waals surface area contributed by atoms with E-state index in [1.807, 2.05) is 0 Å². The maximum Gasteiger partial charge on any atom is 0.243 e. The summed E-state index contributed by atoms with van der Waals surface area (Å²) < 4.78 is 22.1. The first-order valence-electron chi connectivity index (χ1n) is 6.83. The van der Waals surface area contributed by atoms with Crippen LogP contribution in [-0.2, 0) is 14.6 Å². The molecule has 1 amide bonds. The number of amides is 1. The van der Waals surface area contributed by atoms with Crippen molar-refractivity contribution in [3.8, 4) is 0 Å². The van der Waals surface area contributed by atoms with Gasteiger partial charge in [-0.3, -0.25) is 4.79 Å². The highest BCUT2D eigenvalue weighted by Crippen LogP contribution is 2.23. The number of nitrogens with one attached hydrogen (secondary N) is 1. The van der Waals surface area contributed by atoms with Crippen molar-refractivity contribution in [1.82, 2.24) is 10.2 Å². The lowest BCUT2D eigenvalue weighted by Gasteiger charge is -2.40. The van der Waals surface area contributed by atoms with E-state index in [4.69, 9.17) is 0 Å². The van der Waals surface area contributed by atoms with E-state index in [-0.39, 0.29) is 5.91 Å². The molecule has 2 atom stereocenters. The van der Waals surface area contributed by atoms with Crippen LogP contribution in [0.2, 0.25) is 0 Å². The Kier molecular flexibility index (Phi) is 5.01. The summed E-state index contributed by atoms with van der Waals surface area (Å²) in [4.78, 5) is 14.1. The van der Waals surface area contributed by atoms with E-state index >= 15 is 0 Å². The lowest BCUT2D eigenvalue weighted by Crippen LogP contribution is -2.56. The van der Waals surface area contributed by atoms with Gasteiger partial charge in [-0.1, -0.05) is 13.8 Å². The van der Waals surface area contributed by atoms with Crippen molar-refractivity contribution >= 4 is 15.7 Å². The lowest BCUT2D eigenvalue weighted by molar-refractivity contribution is -0.135. The van der Waals surface area contributed by atoms with Crippen LogP contribution in [0.4, 0.5) is 0 Å². The molecule has 19 heavy (non-hydrogen) atoms. The average molecular weight is 290 g/mol. The van der Waals surface area contributed by atoms with Crippen LogP contribution >= 0.6 is 0 Å². The third-order valence-electron chi connectivity index (χ3n) is 4.10. The molecule has 0 saturated carbocycles. The summed E-state index contributed by atoms with van der Waals surface area (Å²) in [5.74, 6) is 0.0600. The SMILES string of the molecule is CCNC1CCN(C(=O)C(C)(C)S(C)(=O)=O)CC1C. The van der Waals surface area contributed by atoms with Crippen molar-refractivity contribution in [3.05, 3.63) is 0 Å². The zero-order chi connectivity index (χ0) is 14.8. The molecular weight excluding hydrogens is 264 g/mol. The summed E-state index contributed by atoms with van der Waals surface area (Å²) in [7, 11) is -3.40. The molecule has 1 N–H and O–H groups in total. The van der Waals surface area contributed by atoms with Crippen LogP contribution in [-0.4, -0.2) is 55.9 Å². The fraction of sp³-hybridized carbons (Fsp3) is 0.923. The van der Waals surface area contributed by atoms with Gasteiger partial charge in [0.1, 0.15) is 4.75 Å². The summed E-state index contributed by atoms with van der Waals surface area (Å²) in [6.45, 7) is 9.31. The standard InChI is InChI=1S/C13H26N2O3S/c1-6-14-11-7-8-15(9-10(11)2)12(16)13(3,4)19(5,17)18/h10-11,14H,6-9H2,1-5H3. The van der Waals surface area contributed by atoms with Crippen molar-refractivity contribution in [2.24, 2.45) is 5.92 Å². The molecule has 0 aromatic rings. The Bertz CT molecular complexity index is 431. The average Bonchev–Trinajstić information content (AvgIpc) is 2.29. The predicted octanol–water partition coefficient (Wildman–Crippen LogP) is 0.656. The van der Waals surface area contributed by atoms with E-state index < -0.39 is 14.6 Å². The minimum atomic E-state index is -3.40. The molecule has 1 rings (SSSR count). The molecule has 0 radical (unpaired) electrons. The summed E-state index contributed by atoms with van der Waals surface area (Å²) in [6, 6.07) is 0.412. The van der Waals surface area contributed by atoms with Crippen LogP contribution in [0.5, 0.6) is 0 Å². The van der Waals surface area contributed by atoms with Gasteiger partial charge in [0.25, 0.3) is 0 Å². The van der Waals surface area contributed by atoms with Crippen LogP contribution < -0.4 is 5.32 Å². The monoisotopic (exact) mass is 290 g/mol. The molecular formula is C13H26N2O3S. The van der Waals surface area contributed by atoms with Crippen LogP contribution in [0.1, 0.15) is 34.1 Å². The van der Waals surface area contributed by atoms with E-state index in [1.165, 1.54) is 13.8 Å². The quantitative estimate of drug-likeness (QED) is 0.826. The van der Waals surface area contributed by atoms with Crippen LogP contribution in [0.25, 0.3) is 0 Å². The highest BCUT2D eigenvalue weighted by atomic mass is 32.2. The van der Waals surface area contributed by atoms with Crippen molar-refractivity contribution < 1.29 is 13.2 Å². The van der Waals surface area contributed by atoms with Crippen molar-refractivity contribution in [3.63, 3.8) is 0 Å². The fourth-order valence-electron chi connectivity index (χ4n) is 2.43. The van der Waals surface area contributed by atoms with Gasteiger partial charge in [0.15, 0.2) is 9.84 Å². The van der Waals surface area contributed by atoms with Crippen molar-refractivity contribution in [2.45, 2.75) is 44.9 Å². The molecule has 112 valence electrons. The molecule has 1 saturated heterocycles. The first-order valence-corrected chi connectivity index (χ1v) is 8.72. The summed E-state index contributed by atoms with van der Waals surface area (Å²) in [6.07, 6.45) is 2.00. The van der Waals surface area contributed by atoms with Gasteiger partial charge in [0, 0.05) is 25.4 Å². The summed E-state index contributed by atoms with van der Waals surface area (Å²) in [5, 5.41) is 3.41. The molecule has 1 aliphatic heterocycles. The number of piperidine rings is 1. The molecule has 0 aromatic carbocycles. The van der Waals surface area contributed by atoms with E-state index in [0.717, 1.165) is 19.2 Å². The minimum Gasteiger partial charge on any atom is -0.341 e. The number of carbonyl (C=O) groups excluding carboxylic acids is 1. The first kappa shape index (κ1) is 16.4. The number of hydrogen-bond donors (Lipinski definition) is 1. The maximum absolute atomic E-state index is 12.4. The largest absolute Gasteiger partial charge is 0.341 e. The Morgan fingerprint density at radius 3 is 2.42 bits per heavy atom. The van der Waals surface area contributed by atoms with Gasteiger partial charge in [-0.2, -0.15) is 0 Å². The van der Waals surface area contributed by atoms with E-state index in [1.54, 1.807) is 4.90 Å². The highest BCUT2D eigenvalue weighted by molar-refractivity contribution is 7.92. The number of sulfone groups is 1. The smallest absolute Gasteiger partial charge is 0.243 e. The molecule has 2 unspecified atom stereocenters. The van der Waals surface area contributed by atoms with Crippen LogP contribution in [0, 0.1) is 5.92 Å². The van der Waals surface area contributed by atoms with Gasteiger partial charge < -0.3 is 10.2 Å². The number of hydrogen-bond acceptors (Lipinski definition) is 4. The predicted molar refractivity (Wildman–Crippen MR) is 76.7 cm³/mol. The number of rotatable bonds is 4. The lowest BCUT2D eigenvalue weighted by atomic mass is 9.93. The van der Waals surface area contributed by atoms with E-state index in [0.29, 0.717) is 25.0 Å². The van der Waals surface area contributed by atoms with Gasteiger partial charge >= 0.3 is 0 Å².